The van der Waals surface area contributed by atoms with Gasteiger partial charge in [-0.2, -0.15) is 0 Å². The number of anilines is 2. The number of hydrogen-bond donors (Lipinski definition) is 1. The number of rotatable bonds is 2. The summed E-state index contributed by atoms with van der Waals surface area (Å²) in [5.41, 5.74) is 1.04. The first kappa shape index (κ1) is 11.4. The second kappa shape index (κ2) is 4.58. The number of thiophene rings is 1. The molecule has 0 saturated carbocycles. The molecule has 2 aromatic heterocycles. The third-order valence-electron chi connectivity index (χ3n) is 3.27. The van der Waals surface area contributed by atoms with Crippen molar-refractivity contribution < 1.29 is 0 Å². The van der Waals surface area contributed by atoms with Gasteiger partial charge in [0.05, 0.1) is 5.39 Å². The molecule has 4 rings (SSSR count). The molecule has 0 radical (unpaired) electrons. The van der Waals surface area contributed by atoms with E-state index in [2.05, 4.69) is 51.7 Å². The molecule has 0 spiro atoms. The van der Waals surface area contributed by atoms with Crippen LogP contribution in [0.4, 0.5) is 11.5 Å². The summed E-state index contributed by atoms with van der Waals surface area (Å²) >= 11 is 1.62. The van der Waals surface area contributed by atoms with E-state index >= 15 is 0 Å². The third kappa shape index (κ3) is 1.90. The fourth-order valence-corrected chi connectivity index (χ4v) is 3.03. The van der Waals surface area contributed by atoms with Crippen LogP contribution in [0.25, 0.3) is 21.0 Å². The number of fused-ring (bicyclic) bond motifs is 2. The highest BCUT2D eigenvalue weighted by Gasteiger charge is 2.05. The molecule has 0 atom stereocenters. The van der Waals surface area contributed by atoms with Gasteiger partial charge in [0.15, 0.2) is 0 Å². The van der Waals surface area contributed by atoms with Crippen LogP contribution in [0.3, 0.4) is 0 Å². The topological polar surface area (TPSA) is 37.8 Å². The summed E-state index contributed by atoms with van der Waals surface area (Å²) in [6.45, 7) is 0. The van der Waals surface area contributed by atoms with Gasteiger partial charge in [-0.25, -0.2) is 9.97 Å². The summed E-state index contributed by atoms with van der Waals surface area (Å²) < 4.78 is 0. The van der Waals surface area contributed by atoms with Crippen LogP contribution in [0, 0.1) is 0 Å². The molecule has 3 nitrogen and oxygen atoms in total. The number of nitrogens with one attached hydrogen (secondary N) is 1. The van der Waals surface area contributed by atoms with Crippen molar-refractivity contribution in [2.45, 2.75) is 0 Å². The van der Waals surface area contributed by atoms with Crippen LogP contribution in [-0.4, -0.2) is 9.97 Å². The molecule has 20 heavy (non-hydrogen) atoms. The van der Waals surface area contributed by atoms with Crippen LogP contribution in [0.2, 0.25) is 0 Å². The van der Waals surface area contributed by atoms with E-state index in [9.17, 15) is 0 Å². The van der Waals surface area contributed by atoms with Crippen molar-refractivity contribution in [3.05, 3.63) is 60.2 Å². The molecule has 0 aliphatic carbocycles. The lowest BCUT2D eigenvalue weighted by Crippen LogP contribution is -1.94. The van der Waals surface area contributed by atoms with E-state index in [-0.39, 0.29) is 0 Å². The van der Waals surface area contributed by atoms with Crippen LogP contribution < -0.4 is 5.32 Å². The predicted octanol–water partition coefficient (Wildman–Crippen LogP) is 4.59. The van der Waals surface area contributed by atoms with Gasteiger partial charge >= 0.3 is 0 Å². The Bertz CT molecular complexity index is 898. The Morgan fingerprint density at radius 2 is 1.80 bits per heavy atom. The molecule has 0 fully saturated rings. The highest BCUT2D eigenvalue weighted by molar-refractivity contribution is 7.16. The third-order valence-corrected chi connectivity index (χ3v) is 4.09. The van der Waals surface area contributed by atoms with E-state index in [0.29, 0.717) is 0 Å². The summed E-state index contributed by atoms with van der Waals surface area (Å²) in [5.74, 6) is 0.853. The molecule has 0 unspecified atom stereocenters. The Balaban J connectivity index is 1.78. The largest absolute Gasteiger partial charge is 0.340 e. The van der Waals surface area contributed by atoms with Gasteiger partial charge < -0.3 is 5.32 Å². The minimum absolute atomic E-state index is 0.853. The standard InChI is InChI=1S/C16H11N3S/c1-2-4-12-9-13(6-5-11(12)3-1)19-15-14-7-8-20-16(14)18-10-17-15/h1-10H,(H,17,18,19). The van der Waals surface area contributed by atoms with Crippen LogP contribution in [-0.2, 0) is 0 Å². The van der Waals surface area contributed by atoms with E-state index < -0.39 is 0 Å². The van der Waals surface area contributed by atoms with Gasteiger partial charge in [-0.1, -0.05) is 30.3 Å². The monoisotopic (exact) mass is 277 g/mol. The lowest BCUT2D eigenvalue weighted by molar-refractivity contribution is 1.23. The fourth-order valence-electron chi connectivity index (χ4n) is 2.29. The Hall–Kier alpha value is -2.46. The molecular weight excluding hydrogens is 266 g/mol. The molecule has 4 heteroatoms. The first-order valence-corrected chi connectivity index (χ1v) is 7.22. The maximum atomic E-state index is 4.34. The van der Waals surface area contributed by atoms with Crippen LogP contribution in [0.5, 0.6) is 0 Å². The zero-order valence-electron chi connectivity index (χ0n) is 10.6. The summed E-state index contributed by atoms with van der Waals surface area (Å²) in [4.78, 5) is 9.60. The predicted molar refractivity (Wildman–Crippen MR) is 84.6 cm³/mol. The van der Waals surface area contributed by atoms with Crippen molar-refractivity contribution in [3.63, 3.8) is 0 Å². The van der Waals surface area contributed by atoms with Gasteiger partial charge in [-0.05, 0) is 34.4 Å². The van der Waals surface area contributed by atoms with Crippen molar-refractivity contribution >= 4 is 43.8 Å². The van der Waals surface area contributed by atoms with Crippen LogP contribution in [0.1, 0.15) is 0 Å². The molecule has 0 aliphatic heterocycles. The smallest absolute Gasteiger partial charge is 0.142 e. The maximum absolute atomic E-state index is 4.34. The Morgan fingerprint density at radius 1 is 0.900 bits per heavy atom. The molecule has 1 N–H and O–H groups in total. The second-order valence-corrected chi connectivity index (χ2v) is 5.44. The van der Waals surface area contributed by atoms with E-state index in [1.165, 1.54) is 10.8 Å². The summed E-state index contributed by atoms with van der Waals surface area (Å²) in [7, 11) is 0. The van der Waals surface area contributed by atoms with Gasteiger partial charge in [0, 0.05) is 5.69 Å². The molecule has 2 heterocycles. The fraction of sp³-hybridized carbons (Fsp3) is 0. The van der Waals surface area contributed by atoms with Crippen molar-refractivity contribution in [1.29, 1.82) is 0 Å². The average Bonchev–Trinajstić information content (AvgIpc) is 2.97. The van der Waals surface area contributed by atoms with Gasteiger partial charge in [-0.15, -0.1) is 11.3 Å². The Morgan fingerprint density at radius 3 is 2.75 bits per heavy atom. The minimum atomic E-state index is 0.853. The molecule has 4 aromatic rings. The van der Waals surface area contributed by atoms with Crippen molar-refractivity contribution in [1.82, 2.24) is 9.97 Å². The lowest BCUT2D eigenvalue weighted by atomic mass is 10.1. The van der Waals surface area contributed by atoms with E-state index in [1.54, 1.807) is 17.7 Å². The van der Waals surface area contributed by atoms with E-state index in [4.69, 9.17) is 0 Å². The van der Waals surface area contributed by atoms with Crippen molar-refractivity contribution in [2.75, 3.05) is 5.32 Å². The molecule has 0 aliphatic rings. The first-order chi connectivity index (χ1) is 9.90. The number of nitrogens with zero attached hydrogens (tertiary/aromatic N) is 2. The second-order valence-electron chi connectivity index (χ2n) is 4.55. The SMILES string of the molecule is c1ccc2cc(Nc3ncnc4sccc34)ccc2c1. The highest BCUT2D eigenvalue weighted by Crippen LogP contribution is 2.27. The number of hydrogen-bond acceptors (Lipinski definition) is 4. The number of benzene rings is 2. The maximum Gasteiger partial charge on any atom is 0.142 e. The van der Waals surface area contributed by atoms with E-state index in [0.717, 1.165) is 21.7 Å². The van der Waals surface area contributed by atoms with Gasteiger partial charge in [-0.3, -0.25) is 0 Å². The summed E-state index contributed by atoms with van der Waals surface area (Å²) in [6, 6.07) is 16.7. The molecular formula is C16H11N3S. The Kier molecular flexibility index (Phi) is 2.60. The summed E-state index contributed by atoms with van der Waals surface area (Å²) in [5, 5.41) is 8.93. The molecule has 2 aromatic carbocycles. The normalized spacial score (nSPS) is 11.0. The van der Waals surface area contributed by atoms with Crippen molar-refractivity contribution in [2.24, 2.45) is 0 Å². The van der Waals surface area contributed by atoms with Gasteiger partial charge in [0.1, 0.15) is 17.0 Å². The van der Waals surface area contributed by atoms with E-state index in [1.807, 2.05) is 17.5 Å². The number of aromatic nitrogens is 2. The van der Waals surface area contributed by atoms with Gasteiger partial charge in [0.25, 0.3) is 0 Å². The average molecular weight is 277 g/mol. The molecule has 0 bridgehead atoms. The summed E-state index contributed by atoms with van der Waals surface area (Å²) in [6.07, 6.45) is 1.60. The Labute approximate surface area is 119 Å². The first-order valence-electron chi connectivity index (χ1n) is 6.34. The lowest BCUT2D eigenvalue weighted by Gasteiger charge is -2.07. The zero-order chi connectivity index (χ0) is 13.4. The van der Waals surface area contributed by atoms with Crippen molar-refractivity contribution in [3.8, 4) is 0 Å². The molecule has 0 saturated heterocycles. The quantitative estimate of drug-likeness (QED) is 0.582. The zero-order valence-corrected chi connectivity index (χ0v) is 11.4. The van der Waals surface area contributed by atoms with Crippen LogP contribution >= 0.6 is 11.3 Å². The molecule has 0 amide bonds. The molecule has 96 valence electrons. The van der Waals surface area contributed by atoms with Crippen LogP contribution in [0.15, 0.2) is 60.2 Å². The minimum Gasteiger partial charge on any atom is -0.340 e. The highest BCUT2D eigenvalue weighted by atomic mass is 32.1. The van der Waals surface area contributed by atoms with Gasteiger partial charge in [0.2, 0.25) is 0 Å².